The minimum Gasteiger partial charge on any atom is -0.492 e. The molecule has 0 fully saturated rings. The molecular weight excluding hydrogens is 304 g/mol. The van der Waals surface area contributed by atoms with Crippen molar-refractivity contribution in [1.82, 2.24) is 5.32 Å². The quantitative estimate of drug-likeness (QED) is 0.715. The lowest BCUT2D eigenvalue weighted by atomic mass is 10.1. The third-order valence-corrected chi connectivity index (χ3v) is 3.75. The first-order valence-electron chi connectivity index (χ1n) is 8.56. The molecule has 1 aliphatic carbocycles. The minimum absolute atomic E-state index is 0.0526. The number of nitrogens with one attached hydrogen (secondary N) is 1. The zero-order valence-electron chi connectivity index (χ0n) is 14.1. The van der Waals surface area contributed by atoms with Gasteiger partial charge >= 0.3 is 0 Å². The Labute approximate surface area is 143 Å². The number of benzene rings is 1. The summed E-state index contributed by atoms with van der Waals surface area (Å²) < 4.78 is 11.0. The van der Waals surface area contributed by atoms with Gasteiger partial charge in [-0.25, -0.2) is 0 Å². The first kappa shape index (κ1) is 18.3. The predicted octanol–water partition coefficient (Wildman–Crippen LogP) is 1.99. The van der Waals surface area contributed by atoms with Crippen LogP contribution in [0.5, 0.6) is 5.75 Å². The maximum atomic E-state index is 11.9. The van der Waals surface area contributed by atoms with E-state index in [-0.39, 0.29) is 18.6 Å². The molecule has 0 heterocycles. The van der Waals surface area contributed by atoms with E-state index in [2.05, 4.69) is 17.2 Å². The van der Waals surface area contributed by atoms with E-state index in [0.29, 0.717) is 19.7 Å². The summed E-state index contributed by atoms with van der Waals surface area (Å²) >= 11 is 0. The van der Waals surface area contributed by atoms with Crippen LogP contribution >= 0.6 is 0 Å². The van der Waals surface area contributed by atoms with Gasteiger partial charge in [0, 0.05) is 19.5 Å². The highest BCUT2D eigenvalue weighted by Crippen LogP contribution is 2.12. The fraction of sp³-hybridized carbons (Fsp3) is 0.526. The Morgan fingerprint density at radius 3 is 2.88 bits per heavy atom. The van der Waals surface area contributed by atoms with Gasteiger partial charge in [0.1, 0.15) is 25.1 Å². The van der Waals surface area contributed by atoms with Gasteiger partial charge in [-0.1, -0.05) is 24.5 Å². The molecule has 0 radical (unpaired) electrons. The first-order chi connectivity index (χ1) is 11.8. The summed E-state index contributed by atoms with van der Waals surface area (Å²) in [5, 5.41) is 2.86. The Morgan fingerprint density at radius 2 is 2.08 bits per heavy atom. The van der Waals surface area contributed by atoms with E-state index in [9.17, 15) is 4.79 Å². The molecule has 0 saturated carbocycles. The molecule has 0 bridgehead atoms. The molecule has 1 amide bonds. The van der Waals surface area contributed by atoms with E-state index < -0.39 is 0 Å². The lowest BCUT2D eigenvalue weighted by Gasteiger charge is -2.14. The van der Waals surface area contributed by atoms with Gasteiger partial charge < -0.3 is 20.5 Å². The highest BCUT2D eigenvalue weighted by Gasteiger charge is 2.10. The Morgan fingerprint density at radius 1 is 1.25 bits per heavy atom. The fourth-order valence-corrected chi connectivity index (χ4v) is 2.41. The average molecular weight is 330 g/mol. The third-order valence-electron chi connectivity index (χ3n) is 3.75. The molecule has 5 nitrogen and oxygen atoms in total. The van der Waals surface area contributed by atoms with Gasteiger partial charge in [-0.2, -0.15) is 0 Å². The van der Waals surface area contributed by atoms with Crippen molar-refractivity contribution < 1.29 is 14.3 Å². The number of hydrogen-bond acceptors (Lipinski definition) is 4. The van der Waals surface area contributed by atoms with Crippen molar-refractivity contribution in [2.75, 3.05) is 19.8 Å². The maximum absolute atomic E-state index is 11.9. The topological polar surface area (TPSA) is 73.6 Å². The summed E-state index contributed by atoms with van der Waals surface area (Å²) in [6.07, 6.45) is 5.18. The number of hydrogen-bond donors (Lipinski definition) is 2. The Bertz CT molecular complexity index is 560. The predicted molar refractivity (Wildman–Crippen MR) is 93.4 cm³/mol. The molecule has 130 valence electrons. The molecule has 1 aromatic carbocycles. The molecule has 1 atom stereocenters. The Kier molecular flexibility index (Phi) is 8.16. The Balaban J connectivity index is 1.68. The van der Waals surface area contributed by atoms with Crippen molar-refractivity contribution in [3.05, 3.63) is 29.8 Å². The van der Waals surface area contributed by atoms with Crippen molar-refractivity contribution in [3.8, 4) is 17.6 Å². The van der Waals surface area contributed by atoms with Gasteiger partial charge in [0.05, 0.1) is 0 Å². The van der Waals surface area contributed by atoms with Crippen molar-refractivity contribution in [2.24, 2.45) is 5.73 Å². The standard InChI is InChI=1S/C19H26N2O3/c20-12-13-23-18-10-8-16(9-11-18)14-21-19(22)15-24-17-6-4-2-1-3-5-7-17/h8-11,17H,1-4,6,12-15,20H2,(H,21,22). The number of carbonyl (C=O) groups excluding carboxylic acids is 1. The van der Waals surface area contributed by atoms with Crippen LogP contribution in [0.15, 0.2) is 24.3 Å². The summed E-state index contributed by atoms with van der Waals surface area (Å²) in [5.74, 6) is 6.87. The van der Waals surface area contributed by atoms with Crippen molar-refractivity contribution in [3.63, 3.8) is 0 Å². The van der Waals surface area contributed by atoms with Crippen LogP contribution in [0, 0.1) is 11.8 Å². The average Bonchev–Trinajstić information content (AvgIpc) is 2.58. The van der Waals surface area contributed by atoms with Gasteiger partial charge in [0.25, 0.3) is 0 Å². The zero-order valence-corrected chi connectivity index (χ0v) is 14.1. The molecule has 1 aliphatic rings. The van der Waals surface area contributed by atoms with E-state index in [1.165, 1.54) is 6.42 Å². The van der Waals surface area contributed by atoms with E-state index in [4.69, 9.17) is 15.2 Å². The minimum atomic E-state index is -0.123. The van der Waals surface area contributed by atoms with Gasteiger partial charge in [-0.05, 0) is 37.0 Å². The summed E-state index contributed by atoms with van der Waals surface area (Å²) in [4.78, 5) is 11.9. The molecule has 24 heavy (non-hydrogen) atoms. The van der Waals surface area contributed by atoms with Crippen LogP contribution in [0.2, 0.25) is 0 Å². The van der Waals surface area contributed by atoms with Crippen LogP contribution in [0.1, 0.15) is 37.7 Å². The van der Waals surface area contributed by atoms with Crippen LogP contribution in [0.25, 0.3) is 0 Å². The number of carbonyl (C=O) groups is 1. The second kappa shape index (κ2) is 10.7. The molecule has 0 aromatic heterocycles. The van der Waals surface area contributed by atoms with Crippen LogP contribution < -0.4 is 15.8 Å². The largest absolute Gasteiger partial charge is 0.492 e. The second-order valence-corrected chi connectivity index (χ2v) is 5.78. The molecule has 1 aromatic rings. The number of ether oxygens (including phenoxy) is 2. The fourth-order valence-electron chi connectivity index (χ4n) is 2.41. The molecule has 2 rings (SSSR count). The summed E-state index contributed by atoms with van der Waals surface area (Å²) in [6.45, 7) is 1.51. The van der Waals surface area contributed by atoms with Crippen LogP contribution in [-0.4, -0.2) is 31.8 Å². The molecule has 0 saturated heterocycles. The normalized spacial score (nSPS) is 17.1. The molecular formula is C19H26N2O3. The van der Waals surface area contributed by atoms with Gasteiger partial charge in [0.2, 0.25) is 5.91 Å². The molecule has 0 spiro atoms. The van der Waals surface area contributed by atoms with E-state index in [1.807, 2.05) is 24.3 Å². The molecule has 0 aliphatic heterocycles. The molecule has 3 N–H and O–H groups in total. The first-order valence-corrected chi connectivity index (χ1v) is 8.56. The van der Waals surface area contributed by atoms with Gasteiger partial charge in [0.15, 0.2) is 0 Å². The molecule has 1 unspecified atom stereocenters. The summed E-state index contributed by atoms with van der Waals surface area (Å²) in [6, 6.07) is 7.59. The van der Waals surface area contributed by atoms with Gasteiger partial charge in [-0.3, -0.25) is 4.79 Å². The number of amides is 1. The number of nitrogens with two attached hydrogens (primary N) is 1. The zero-order chi connectivity index (χ0) is 17.0. The lowest BCUT2D eigenvalue weighted by Crippen LogP contribution is -2.29. The second-order valence-electron chi connectivity index (χ2n) is 5.78. The number of rotatable bonds is 8. The van der Waals surface area contributed by atoms with Crippen molar-refractivity contribution >= 4 is 5.91 Å². The third kappa shape index (κ3) is 7.03. The van der Waals surface area contributed by atoms with Gasteiger partial charge in [-0.15, -0.1) is 5.92 Å². The molecule has 5 heteroatoms. The van der Waals surface area contributed by atoms with Crippen LogP contribution in [0.3, 0.4) is 0 Å². The Hall–Kier alpha value is -2.03. The summed E-state index contributed by atoms with van der Waals surface area (Å²) in [5.41, 5.74) is 6.40. The van der Waals surface area contributed by atoms with Crippen molar-refractivity contribution in [1.29, 1.82) is 0 Å². The lowest BCUT2D eigenvalue weighted by molar-refractivity contribution is -0.127. The van der Waals surface area contributed by atoms with E-state index >= 15 is 0 Å². The van der Waals surface area contributed by atoms with E-state index in [0.717, 1.165) is 37.0 Å². The SMILES string of the molecule is NCCOc1ccc(CNC(=O)COC2C#CCCCCC2)cc1. The monoisotopic (exact) mass is 330 g/mol. The maximum Gasteiger partial charge on any atom is 0.246 e. The van der Waals surface area contributed by atoms with Crippen LogP contribution in [0.4, 0.5) is 0 Å². The van der Waals surface area contributed by atoms with Crippen LogP contribution in [-0.2, 0) is 16.1 Å². The van der Waals surface area contributed by atoms with E-state index in [1.54, 1.807) is 0 Å². The van der Waals surface area contributed by atoms with Crippen molar-refractivity contribution in [2.45, 2.75) is 44.8 Å². The smallest absolute Gasteiger partial charge is 0.246 e. The summed E-state index contributed by atoms with van der Waals surface area (Å²) in [7, 11) is 0. The highest BCUT2D eigenvalue weighted by atomic mass is 16.5. The highest BCUT2D eigenvalue weighted by molar-refractivity contribution is 5.77.